The third-order valence-electron chi connectivity index (χ3n) is 2.96. The zero-order chi connectivity index (χ0) is 15.3. The van der Waals surface area contributed by atoms with Crippen LogP contribution in [0.15, 0.2) is 24.3 Å². The standard InChI is InChI=1S/C13H6F5N3/c14-6-1-2-9-12(11(6)18)21(13(19)20-9)5-3-7(15)10(17)8(16)4-5/h1-4H,(H2,19,20). The molecular formula is C13H6F5N3. The molecule has 8 heteroatoms. The Morgan fingerprint density at radius 3 is 2.10 bits per heavy atom. The van der Waals surface area contributed by atoms with Gasteiger partial charge in [0.25, 0.3) is 0 Å². The van der Waals surface area contributed by atoms with Crippen LogP contribution in [-0.2, 0) is 0 Å². The van der Waals surface area contributed by atoms with E-state index in [1.165, 1.54) is 0 Å². The molecule has 0 aliphatic heterocycles. The van der Waals surface area contributed by atoms with Crippen LogP contribution < -0.4 is 5.73 Å². The van der Waals surface area contributed by atoms with Gasteiger partial charge in [-0.05, 0) is 12.1 Å². The Labute approximate surface area is 114 Å². The normalized spacial score (nSPS) is 11.3. The first-order valence-electron chi connectivity index (χ1n) is 5.67. The van der Waals surface area contributed by atoms with Gasteiger partial charge in [0, 0.05) is 12.1 Å². The number of nitrogen functional groups attached to an aromatic ring is 1. The maximum absolute atomic E-state index is 13.9. The first kappa shape index (κ1) is 13.3. The summed E-state index contributed by atoms with van der Waals surface area (Å²) in [7, 11) is 0. The Bertz CT molecular complexity index is 849. The first-order chi connectivity index (χ1) is 9.90. The molecule has 0 saturated carbocycles. The number of hydrogen-bond acceptors (Lipinski definition) is 2. The monoisotopic (exact) mass is 299 g/mol. The Hall–Kier alpha value is -2.64. The molecule has 0 spiro atoms. The third-order valence-corrected chi connectivity index (χ3v) is 2.96. The second-order valence-corrected chi connectivity index (χ2v) is 4.26. The molecule has 2 N–H and O–H groups in total. The summed E-state index contributed by atoms with van der Waals surface area (Å²) in [5.41, 5.74) is 4.86. The molecule has 0 atom stereocenters. The lowest BCUT2D eigenvalue weighted by Crippen LogP contribution is -2.04. The molecule has 0 radical (unpaired) electrons. The van der Waals surface area contributed by atoms with E-state index in [1.807, 2.05) is 0 Å². The molecule has 0 amide bonds. The summed E-state index contributed by atoms with van der Waals surface area (Å²) in [6.45, 7) is 0. The Morgan fingerprint density at radius 2 is 1.48 bits per heavy atom. The number of fused-ring (bicyclic) bond motifs is 1. The fraction of sp³-hybridized carbons (Fsp3) is 0. The lowest BCUT2D eigenvalue weighted by molar-refractivity contribution is 0.446. The van der Waals surface area contributed by atoms with Crippen molar-refractivity contribution in [2.45, 2.75) is 0 Å². The summed E-state index contributed by atoms with van der Waals surface area (Å²) in [5, 5.41) is 0. The minimum Gasteiger partial charge on any atom is -0.369 e. The first-order valence-corrected chi connectivity index (χ1v) is 5.67. The van der Waals surface area contributed by atoms with Gasteiger partial charge in [-0.15, -0.1) is 0 Å². The van der Waals surface area contributed by atoms with Gasteiger partial charge >= 0.3 is 0 Å². The Kier molecular flexibility index (Phi) is 2.82. The molecule has 0 saturated heterocycles. The van der Waals surface area contributed by atoms with Gasteiger partial charge in [-0.1, -0.05) is 0 Å². The minimum atomic E-state index is -1.67. The van der Waals surface area contributed by atoms with E-state index in [2.05, 4.69) is 4.98 Å². The van der Waals surface area contributed by atoms with E-state index in [1.54, 1.807) is 0 Å². The summed E-state index contributed by atoms with van der Waals surface area (Å²) >= 11 is 0. The van der Waals surface area contributed by atoms with Crippen LogP contribution in [0.5, 0.6) is 0 Å². The molecule has 0 aliphatic carbocycles. The lowest BCUT2D eigenvalue weighted by atomic mass is 10.2. The lowest BCUT2D eigenvalue weighted by Gasteiger charge is -2.08. The number of benzene rings is 2. The van der Waals surface area contributed by atoms with Crippen molar-refractivity contribution in [1.82, 2.24) is 9.55 Å². The van der Waals surface area contributed by atoms with Crippen molar-refractivity contribution in [3.63, 3.8) is 0 Å². The molecule has 3 rings (SSSR count). The highest BCUT2D eigenvalue weighted by molar-refractivity contribution is 5.81. The smallest absolute Gasteiger partial charge is 0.206 e. The number of rotatable bonds is 1. The van der Waals surface area contributed by atoms with E-state index in [0.29, 0.717) is 12.1 Å². The van der Waals surface area contributed by atoms with Crippen molar-refractivity contribution in [3.8, 4) is 5.69 Å². The van der Waals surface area contributed by atoms with Crippen LogP contribution in [0.25, 0.3) is 16.7 Å². The van der Waals surface area contributed by atoms with Crippen molar-refractivity contribution in [2.75, 3.05) is 5.73 Å². The summed E-state index contributed by atoms with van der Waals surface area (Å²) in [4.78, 5) is 3.77. The van der Waals surface area contributed by atoms with Gasteiger partial charge in [0.05, 0.1) is 11.2 Å². The van der Waals surface area contributed by atoms with Crippen LogP contribution in [0.2, 0.25) is 0 Å². The van der Waals surface area contributed by atoms with Crippen molar-refractivity contribution in [3.05, 3.63) is 53.4 Å². The summed E-state index contributed by atoms with van der Waals surface area (Å²) in [6, 6.07) is 3.23. The summed E-state index contributed by atoms with van der Waals surface area (Å²) in [5.74, 6) is -7.41. The molecule has 0 aliphatic rings. The quantitative estimate of drug-likeness (QED) is 0.553. The second-order valence-electron chi connectivity index (χ2n) is 4.26. The van der Waals surface area contributed by atoms with E-state index in [-0.39, 0.29) is 17.2 Å². The number of nitrogens with zero attached hydrogens (tertiary/aromatic N) is 2. The predicted octanol–water partition coefficient (Wildman–Crippen LogP) is 3.30. The average Bonchev–Trinajstić information content (AvgIpc) is 2.77. The number of aromatic nitrogens is 2. The molecule has 108 valence electrons. The number of imidazole rings is 1. The minimum absolute atomic E-state index is 0.00320. The molecular weight excluding hydrogens is 293 g/mol. The second kappa shape index (κ2) is 4.44. The average molecular weight is 299 g/mol. The highest BCUT2D eigenvalue weighted by Gasteiger charge is 2.19. The predicted molar refractivity (Wildman–Crippen MR) is 65.3 cm³/mol. The molecule has 0 bridgehead atoms. The molecule has 0 unspecified atom stereocenters. The molecule has 0 fully saturated rings. The fourth-order valence-electron chi connectivity index (χ4n) is 2.05. The van der Waals surface area contributed by atoms with Crippen LogP contribution >= 0.6 is 0 Å². The summed E-state index contributed by atoms with van der Waals surface area (Å²) in [6.07, 6.45) is 0. The van der Waals surface area contributed by atoms with Crippen LogP contribution in [0, 0.1) is 29.1 Å². The van der Waals surface area contributed by atoms with Gasteiger partial charge in [-0.2, -0.15) is 0 Å². The van der Waals surface area contributed by atoms with E-state index < -0.39 is 34.6 Å². The largest absolute Gasteiger partial charge is 0.369 e. The zero-order valence-electron chi connectivity index (χ0n) is 10.2. The number of anilines is 1. The van der Waals surface area contributed by atoms with Crippen LogP contribution in [0.4, 0.5) is 27.9 Å². The zero-order valence-corrected chi connectivity index (χ0v) is 10.2. The molecule has 1 heterocycles. The molecule has 1 aromatic heterocycles. The topological polar surface area (TPSA) is 43.8 Å². The molecule has 3 aromatic rings. The van der Waals surface area contributed by atoms with Gasteiger partial charge in [0.15, 0.2) is 29.1 Å². The molecule has 21 heavy (non-hydrogen) atoms. The Balaban J connectivity index is 2.40. The van der Waals surface area contributed by atoms with E-state index >= 15 is 0 Å². The maximum atomic E-state index is 13.9. The number of hydrogen-bond donors (Lipinski definition) is 1. The van der Waals surface area contributed by atoms with Crippen LogP contribution in [-0.4, -0.2) is 9.55 Å². The maximum Gasteiger partial charge on any atom is 0.206 e. The SMILES string of the molecule is Nc1nc2ccc(F)c(F)c2n1-c1cc(F)c(F)c(F)c1. The number of nitrogens with two attached hydrogens (primary N) is 1. The van der Waals surface area contributed by atoms with Gasteiger partial charge < -0.3 is 5.73 Å². The van der Waals surface area contributed by atoms with Crippen molar-refractivity contribution in [1.29, 1.82) is 0 Å². The van der Waals surface area contributed by atoms with Gasteiger partial charge in [0.2, 0.25) is 5.95 Å². The van der Waals surface area contributed by atoms with Crippen molar-refractivity contribution in [2.24, 2.45) is 0 Å². The van der Waals surface area contributed by atoms with Gasteiger partial charge in [0.1, 0.15) is 5.52 Å². The third kappa shape index (κ3) is 1.91. The highest BCUT2D eigenvalue weighted by Crippen LogP contribution is 2.28. The highest BCUT2D eigenvalue weighted by atomic mass is 19.2. The van der Waals surface area contributed by atoms with Crippen molar-refractivity contribution >= 4 is 17.0 Å². The summed E-state index contributed by atoms with van der Waals surface area (Å²) < 4.78 is 67.5. The van der Waals surface area contributed by atoms with Crippen LogP contribution in [0.3, 0.4) is 0 Å². The molecule has 3 nitrogen and oxygen atoms in total. The van der Waals surface area contributed by atoms with Crippen molar-refractivity contribution < 1.29 is 22.0 Å². The van der Waals surface area contributed by atoms with E-state index in [0.717, 1.165) is 16.7 Å². The van der Waals surface area contributed by atoms with Gasteiger partial charge in [-0.3, -0.25) is 4.57 Å². The van der Waals surface area contributed by atoms with E-state index in [9.17, 15) is 22.0 Å². The number of halogens is 5. The van der Waals surface area contributed by atoms with Gasteiger partial charge in [-0.25, -0.2) is 26.9 Å². The molecule has 2 aromatic carbocycles. The fourth-order valence-corrected chi connectivity index (χ4v) is 2.05. The van der Waals surface area contributed by atoms with E-state index in [4.69, 9.17) is 5.73 Å². The Morgan fingerprint density at radius 1 is 0.857 bits per heavy atom. The van der Waals surface area contributed by atoms with Crippen LogP contribution in [0.1, 0.15) is 0 Å².